The highest BCUT2D eigenvalue weighted by Gasteiger charge is 2.31. The smallest absolute Gasteiger partial charge is 0.0427 e. The summed E-state index contributed by atoms with van der Waals surface area (Å²) >= 11 is 0. The molecule has 0 fully saturated rings. The second-order valence-electron chi connectivity index (χ2n) is 22.8. The molecule has 0 aromatic heterocycles. The molecule has 14 aromatic carbocycles. The van der Waals surface area contributed by atoms with Crippen molar-refractivity contribution in [2.24, 2.45) is 0 Å². The molecule has 0 atom stereocenters. The summed E-state index contributed by atoms with van der Waals surface area (Å²) in [4.78, 5) is 0. The van der Waals surface area contributed by atoms with Gasteiger partial charge in [0, 0.05) is 35.6 Å². The Kier molecular flexibility index (Phi) is 12.2. The van der Waals surface area contributed by atoms with E-state index in [0.29, 0.717) is 0 Å². The van der Waals surface area contributed by atoms with Crippen molar-refractivity contribution >= 4 is 97.6 Å². The normalized spacial score (nSPS) is 12.2. The minimum absolute atomic E-state index is 0.980. The number of hydrogen-bond acceptors (Lipinski definition) is 2. The average molecular weight is 1030 g/mol. The lowest BCUT2D eigenvalue weighted by Gasteiger charge is -2.17. The molecule has 0 aliphatic heterocycles. The minimum Gasteiger partial charge on any atom is -0.385 e. The monoisotopic (exact) mass is 1030 g/mol. The van der Waals surface area contributed by atoms with E-state index in [2.05, 4.69) is 231 Å². The van der Waals surface area contributed by atoms with Crippen LogP contribution in [-0.4, -0.2) is 13.1 Å². The molecular formula is C78H66N2. The second kappa shape index (κ2) is 20.2. The molecule has 388 valence electrons. The van der Waals surface area contributed by atoms with Gasteiger partial charge in [0.25, 0.3) is 0 Å². The average Bonchev–Trinajstić information content (AvgIpc) is 3.95. The van der Waals surface area contributed by atoms with Crippen LogP contribution in [0.25, 0.3) is 153 Å². The molecule has 0 radical (unpaired) electrons. The molecule has 2 N–H and O–H groups in total. The number of nitrogens with one attached hydrogen (secondary N) is 2. The molecule has 14 aromatic rings. The lowest BCUT2D eigenvalue weighted by Crippen LogP contribution is -2.06. The molecule has 0 saturated heterocycles. The first kappa shape index (κ1) is 48.4. The van der Waals surface area contributed by atoms with Crippen LogP contribution in [0, 0.1) is 0 Å². The van der Waals surface area contributed by atoms with Crippen LogP contribution < -0.4 is 10.6 Å². The van der Waals surface area contributed by atoms with Crippen molar-refractivity contribution in [2.75, 3.05) is 23.7 Å². The van der Waals surface area contributed by atoms with E-state index >= 15 is 0 Å². The van der Waals surface area contributed by atoms with Crippen LogP contribution in [-0.2, 0) is 0 Å². The molecule has 0 amide bonds. The molecule has 15 rings (SSSR count). The molecule has 80 heavy (non-hydrogen) atoms. The number of unbranched alkanes of at least 4 members (excludes halogenated alkanes) is 8. The van der Waals surface area contributed by atoms with Crippen LogP contribution in [0.1, 0.15) is 78.1 Å². The van der Waals surface area contributed by atoms with Crippen molar-refractivity contribution in [3.05, 3.63) is 206 Å². The van der Waals surface area contributed by atoms with Gasteiger partial charge in [-0.15, -0.1) is 0 Å². The van der Waals surface area contributed by atoms with Gasteiger partial charge >= 0.3 is 0 Å². The zero-order valence-corrected chi connectivity index (χ0v) is 46.1. The van der Waals surface area contributed by atoms with Crippen molar-refractivity contribution in [1.29, 1.82) is 0 Å². The maximum atomic E-state index is 3.97. The van der Waals surface area contributed by atoms with Gasteiger partial charge in [0.15, 0.2) is 0 Å². The third-order valence-electron chi connectivity index (χ3n) is 18.1. The molecule has 0 unspecified atom stereocenters. The summed E-state index contributed by atoms with van der Waals surface area (Å²) in [7, 11) is 0. The Labute approximate surface area is 469 Å². The molecule has 0 spiro atoms. The van der Waals surface area contributed by atoms with E-state index in [-0.39, 0.29) is 0 Å². The van der Waals surface area contributed by atoms with Crippen LogP contribution in [0.2, 0.25) is 0 Å². The number of rotatable bonds is 18. The van der Waals surface area contributed by atoms with Gasteiger partial charge < -0.3 is 10.6 Å². The first-order valence-electron chi connectivity index (χ1n) is 29.9. The Hall–Kier alpha value is -8.72. The first-order valence-corrected chi connectivity index (χ1v) is 29.9. The Bertz CT molecular complexity index is 4560. The quantitative estimate of drug-likeness (QED) is 0.0837. The molecular weight excluding hydrogens is 965 g/mol. The van der Waals surface area contributed by atoms with Crippen LogP contribution in [0.15, 0.2) is 206 Å². The Morgan fingerprint density at radius 2 is 0.600 bits per heavy atom. The standard InChI is InChI=1S/C78H66N2/c1-3-5-7-9-10-20-48-80-67-46-45-66(79-47-19-8-6-4-2)73-60-36-22-33-58-55(39-42-63(70(58)60)74(67)73)56-41-44-65-72-59(56)35-24-38-62(72)76-68(50-26-13-11-14-27-50)75-61-37-23-34-57-54(53-32-21-30-49-25-17-18-31-52(49)53)40-43-64(71(57)61)77(75)69(78(65)76)51-28-15-12-16-29-51/h11-18,21-46,79-80H,3-10,19-20,47-48H2,1-2H3. The third kappa shape index (κ3) is 7.59. The van der Waals surface area contributed by atoms with Gasteiger partial charge in [-0.05, 0) is 167 Å². The summed E-state index contributed by atoms with van der Waals surface area (Å²) in [5, 5.41) is 28.9. The fourth-order valence-electron chi connectivity index (χ4n) is 14.6. The number of hydrogen-bond donors (Lipinski definition) is 2. The molecule has 0 saturated carbocycles. The number of benzene rings is 12. The summed E-state index contributed by atoms with van der Waals surface area (Å²) in [6.45, 7) is 6.56. The summed E-state index contributed by atoms with van der Waals surface area (Å²) in [6, 6.07) is 78.7. The molecule has 0 bridgehead atoms. The van der Waals surface area contributed by atoms with Crippen molar-refractivity contribution in [3.63, 3.8) is 0 Å². The molecule has 1 aliphatic carbocycles. The van der Waals surface area contributed by atoms with Gasteiger partial charge in [0.05, 0.1) is 0 Å². The fraction of sp³-hybridized carbons (Fsp3) is 0.179. The molecule has 1 aliphatic rings. The summed E-state index contributed by atoms with van der Waals surface area (Å²) < 4.78 is 0. The highest BCUT2D eigenvalue weighted by molar-refractivity contribution is 6.47. The molecule has 2 nitrogen and oxygen atoms in total. The number of anilines is 2. The van der Waals surface area contributed by atoms with Gasteiger partial charge in [-0.25, -0.2) is 0 Å². The Balaban J connectivity index is 0.961. The zero-order chi connectivity index (χ0) is 53.3. The van der Waals surface area contributed by atoms with E-state index in [1.54, 1.807) is 0 Å². The predicted molar refractivity (Wildman–Crippen MR) is 350 cm³/mol. The van der Waals surface area contributed by atoms with Crippen LogP contribution in [0.3, 0.4) is 0 Å². The maximum absolute atomic E-state index is 3.97. The van der Waals surface area contributed by atoms with E-state index < -0.39 is 0 Å². The van der Waals surface area contributed by atoms with Crippen LogP contribution in [0.4, 0.5) is 11.4 Å². The Morgan fingerprint density at radius 3 is 1.16 bits per heavy atom. The first-order chi connectivity index (χ1) is 39.7. The number of fused-ring (bicyclic) bond motifs is 10. The third-order valence-corrected chi connectivity index (χ3v) is 18.1. The maximum Gasteiger partial charge on any atom is 0.0427 e. The largest absolute Gasteiger partial charge is 0.385 e. The summed E-state index contributed by atoms with van der Waals surface area (Å²) in [6.07, 6.45) is 12.7. The second-order valence-corrected chi connectivity index (χ2v) is 22.8. The molecule has 2 heteroatoms. The Morgan fingerprint density at radius 1 is 0.237 bits per heavy atom. The van der Waals surface area contributed by atoms with E-state index in [1.165, 1.54) is 229 Å². The van der Waals surface area contributed by atoms with Gasteiger partial charge in [-0.1, -0.05) is 259 Å². The van der Waals surface area contributed by atoms with E-state index in [9.17, 15) is 0 Å². The van der Waals surface area contributed by atoms with Gasteiger partial charge in [-0.3, -0.25) is 0 Å². The summed E-state index contributed by atoms with van der Waals surface area (Å²) in [5.74, 6) is 0. The summed E-state index contributed by atoms with van der Waals surface area (Å²) in [5.41, 5.74) is 18.1. The topological polar surface area (TPSA) is 24.1 Å². The van der Waals surface area contributed by atoms with Crippen LogP contribution >= 0.6 is 0 Å². The van der Waals surface area contributed by atoms with Gasteiger partial charge in [0.1, 0.15) is 0 Å². The van der Waals surface area contributed by atoms with Crippen LogP contribution in [0.5, 0.6) is 0 Å². The zero-order valence-electron chi connectivity index (χ0n) is 46.1. The highest BCUT2D eigenvalue weighted by atomic mass is 14.9. The van der Waals surface area contributed by atoms with Crippen molar-refractivity contribution in [1.82, 2.24) is 0 Å². The van der Waals surface area contributed by atoms with E-state index in [1.807, 2.05) is 0 Å². The fourth-order valence-corrected chi connectivity index (χ4v) is 14.6. The predicted octanol–water partition coefficient (Wildman–Crippen LogP) is 22.9. The van der Waals surface area contributed by atoms with Gasteiger partial charge in [0.2, 0.25) is 0 Å². The SMILES string of the molecule is CCCCCCCCNc1ccc(NCCCCCC)c2c1-c1ccc(-c3ccc4c5c(-c6ccccc6)c6c7ccc(-c8cccc9ccccc89)c8cccc(c6c(-c6ccccc6)c5c5cccc3c54)c87)c3cccc-2c13. The van der Waals surface area contributed by atoms with Crippen molar-refractivity contribution in [2.45, 2.75) is 78.1 Å². The van der Waals surface area contributed by atoms with E-state index in [4.69, 9.17) is 0 Å². The lowest BCUT2D eigenvalue weighted by molar-refractivity contribution is 0.617. The van der Waals surface area contributed by atoms with E-state index in [0.717, 1.165) is 13.1 Å². The molecule has 0 heterocycles. The van der Waals surface area contributed by atoms with Crippen molar-refractivity contribution < 1.29 is 0 Å². The lowest BCUT2D eigenvalue weighted by atomic mass is 9.87. The van der Waals surface area contributed by atoms with Gasteiger partial charge in [-0.2, -0.15) is 0 Å². The minimum atomic E-state index is 0.980. The van der Waals surface area contributed by atoms with Crippen molar-refractivity contribution in [3.8, 4) is 66.8 Å². The highest BCUT2D eigenvalue weighted by Crippen LogP contribution is 2.59.